The molecule has 6 nitrogen and oxygen atoms in total. The molecule has 0 saturated carbocycles. The number of benzene rings is 1. The maximum atomic E-state index is 12.4. The number of carbonyl (C=O) groups is 2. The van der Waals surface area contributed by atoms with Gasteiger partial charge in [0.2, 0.25) is 11.6 Å². The van der Waals surface area contributed by atoms with Crippen LogP contribution in [0.5, 0.6) is 11.5 Å². The number of phenolic OH excluding ortho intramolecular Hbond substituents is 2. The molecular weight excluding hydrogens is 468 g/mol. The zero-order valence-electron chi connectivity index (χ0n) is 22.8. The molecule has 0 radical (unpaired) electrons. The van der Waals surface area contributed by atoms with Crippen LogP contribution in [-0.4, -0.2) is 36.0 Å². The van der Waals surface area contributed by atoms with Gasteiger partial charge in [-0.3, -0.25) is 9.59 Å². The molecule has 0 aliphatic heterocycles. The number of ketones is 2. The first-order valence-corrected chi connectivity index (χ1v) is 13.7. The molecule has 0 heterocycles. The van der Waals surface area contributed by atoms with Crippen molar-refractivity contribution in [1.82, 2.24) is 0 Å². The number of hydrogen-bond acceptors (Lipinski definition) is 6. The number of rotatable bonds is 18. The molecule has 0 atom stereocenters. The maximum absolute atomic E-state index is 12.4. The third-order valence-corrected chi connectivity index (χ3v) is 6.90. The van der Waals surface area contributed by atoms with Crippen molar-refractivity contribution in [2.24, 2.45) is 0 Å². The highest BCUT2D eigenvalue weighted by atomic mass is 16.5. The van der Waals surface area contributed by atoms with Gasteiger partial charge in [0.1, 0.15) is 11.5 Å². The van der Waals surface area contributed by atoms with Crippen LogP contribution >= 0.6 is 0 Å². The second-order valence-electron chi connectivity index (χ2n) is 9.76. The number of phenols is 2. The minimum atomic E-state index is -0.303. The molecule has 0 bridgehead atoms. The summed E-state index contributed by atoms with van der Waals surface area (Å²) in [6.45, 7) is 1.71. The van der Waals surface area contributed by atoms with E-state index in [1.54, 1.807) is 19.1 Å². The first-order valence-electron chi connectivity index (χ1n) is 13.7. The van der Waals surface area contributed by atoms with E-state index in [0.29, 0.717) is 17.6 Å². The summed E-state index contributed by atoms with van der Waals surface area (Å²) in [4.78, 5) is 24.5. The predicted octanol–water partition coefficient (Wildman–Crippen LogP) is 7.16. The minimum Gasteiger partial charge on any atom is -0.508 e. The second kappa shape index (κ2) is 16.7. The Morgan fingerprint density at radius 1 is 0.730 bits per heavy atom. The molecule has 0 fully saturated rings. The highest BCUT2D eigenvalue weighted by Gasteiger charge is 2.29. The Morgan fingerprint density at radius 2 is 1.24 bits per heavy atom. The zero-order chi connectivity index (χ0) is 27.0. The van der Waals surface area contributed by atoms with Crippen LogP contribution in [-0.2, 0) is 25.5 Å². The molecular formula is C31H44O6. The Kier molecular flexibility index (Phi) is 13.6. The van der Waals surface area contributed by atoms with Crippen molar-refractivity contribution in [3.05, 3.63) is 58.6 Å². The third kappa shape index (κ3) is 10.1. The van der Waals surface area contributed by atoms with Crippen molar-refractivity contribution in [3.63, 3.8) is 0 Å². The molecule has 1 aliphatic carbocycles. The van der Waals surface area contributed by atoms with Gasteiger partial charge < -0.3 is 19.7 Å². The lowest BCUT2D eigenvalue weighted by Gasteiger charge is -2.17. The summed E-state index contributed by atoms with van der Waals surface area (Å²) in [6, 6.07) is 3.51. The van der Waals surface area contributed by atoms with E-state index in [2.05, 4.69) is 12.2 Å². The van der Waals surface area contributed by atoms with Gasteiger partial charge in [0.25, 0.3) is 0 Å². The van der Waals surface area contributed by atoms with E-state index in [0.717, 1.165) is 63.4 Å². The highest BCUT2D eigenvalue weighted by molar-refractivity contribution is 6.21. The summed E-state index contributed by atoms with van der Waals surface area (Å²) >= 11 is 0. The first-order chi connectivity index (χ1) is 17.9. The molecule has 2 rings (SSSR count). The fourth-order valence-corrected chi connectivity index (χ4v) is 4.59. The normalized spacial score (nSPS) is 14.0. The second-order valence-corrected chi connectivity index (χ2v) is 9.76. The van der Waals surface area contributed by atoms with Gasteiger partial charge in [-0.15, -0.1) is 0 Å². The van der Waals surface area contributed by atoms with Crippen molar-refractivity contribution in [3.8, 4) is 11.5 Å². The third-order valence-electron chi connectivity index (χ3n) is 6.90. The lowest BCUT2D eigenvalue weighted by atomic mass is 9.94. The molecule has 204 valence electrons. The van der Waals surface area contributed by atoms with Crippen LogP contribution in [0.3, 0.4) is 0 Å². The quantitative estimate of drug-likeness (QED) is 0.123. The summed E-state index contributed by atoms with van der Waals surface area (Å²) in [7, 11) is 2.83. The molecule has 0 spiro atoms. The molecule has 1 aliphatic rings. The van der Waals surface area contributed by atoms with Crippen molar-refractivity contribution < 1.29 is 29.3 Å². The highest BCUT2D eigenvalue weighted by Crippen LogP contribution is 2.28. The standard InChI is InChI=1S/C31H44O6/c1-23-26(32)20-24(21-27(23)33)18-16-14-12-10-8-6-4-5-7-9-11-13-15-17-19-25-30(35)29(36-2)22-28(34)31(25)37-3/h4-5,20-22,32-33H,6-19H2,1-3H3/b5-4-. The molecule has 6 heteroatoms. The van der Waals surface area contributed by atoms with Gasteiger partial charge in [0, 0.05) is 17.2 Å². The largest absolute Gasteiger partial charge is 0.508 e. The van der Waals surface area contributed by atoms with E-state index < -0.39 is 0 Å². The Bertz CT molecular complexity index is 962. The lowest BCUT2D eigenvalue weighted by Crippen LogP contribution is -2.21. The Balaban J connectivity index is 1.45. The number of carbonyl (C=O) groups excluding carboxylic acids is 2. The number of allylic oxidation sites excluding steroid dienone is 4. The smallest absolute Gasteiger partial charge is 0.227 e. The number of methoxy groups -OCH3 is 2. The van der Waals surface area contributed by atoms with Gasteiger partial charge in [0.05, 0.1) is 14.2 Å². The fraction of sp³-hybridized carbons (Fsp3) is 0.548. The predicted molar refractivity (Wildman–Crippen MR) is 147 cm³/mol. The number of ether oxygens (including phenoxy) is 2. The Labute approximate surface area is 222 Å². The van der Waals surface area contributed by atoms with E-state index >= 15 is 0 Å². The van der Waals surface area contributed by atoms with Gasteiger partial charge in [-0.1, -0.05) is 50.7 Å². The van der Waals surface area contributed by atoms with E-state index in [1.165, 1.54) is 46.0 Å². The molecule has 37 heavy (non-hydrogen) atoms. The van der Waals surface area contributed by atoms with Gasteiger partial charge in [-0.25, -0.2) is 0 Å². The number of Topliss-reactive ketones (excluding diaryl/α,β-unsaturated/α-hetero) is 1. The van der Waals surface area contributed by atoms with Gasteiger partial charge >= 0.3 is 0 Å². The van der Waals surface area contributed by atoms with Crippen molar-refractivity contribution >= 4 is 11.6 Å². The fourth-order valence-electron chi connectivity index (χ4n) is 4.59. The van der Waals surface area contributed by atoms with Crippen molar-refractivity contribution in [2.45, 2.75) is 96.8 Å². The molecule has 2 N–H and O–H groups in total. The number of aryl methyl sites for hydroxylation is 1. The van der Waals surface area contributed by atoms with Crippen LogP contribution in [0.15, 0.2) is 47.5 Å². The summed E-state index contributed by atoms with van der Waals surface area (Å²) in [5.41, 5.74) is 1.97. The average molecular weight is 513 g/mol. The summed E-state index contributed by atoms with van der Waals surface area (Å²) in [5.74, 6) is 0.0447. The van der Waals surface area contributed by atoms with Gasteiger partial charge in [0.15, 0.2) is 11.5 Å². The van der Waals surface area contributed by atoms with Crippen LogP contribution in [0, 0.1) is 6.92 Å². The monoisotopic (exact) mass is 512 g/mol. The molecule has 0 aromatic heterocycles. The maximum Gasteiger partial charge on any atom is 0.227 e. The SMILES string of the molecule is COC1=CC(=O)C(OC)=C(CCCCCCC/C=C\CCCCCCCc2cc(O)c(C)c(O)c2)C1=O. The molecule has 0 amide bonds. The van der Waals surface area contributed by atoms with E-state index in [1.807, 2.05) is 0 Å². The van der Waals surface area contributed by atoms with Crippen LogP contribution < -0.4 is 0 Å². The Hall–Kier alpha value is -3.02. The minimum absolute atomic E-state index is 0.0921. The van der Waals surface area contributed by atoms with Crippen LogP contribution in [0.4, 0.5) is 0 Å². The van der Waals surface area contributed by atoms with E-state index in [9.17, 15) is 19.8 Å². The summed E-state index contributed by atoms with van der Waals surface area (Å²) < 4.78 is 10.2. The summed E-state index contributed by atoms with van der Waals surface area (Å²) in [5, 5.41) is 19.6. The van der Waals surface area contributed by atoms with E-state index in [4.69, 9.17) is 9.47 Å². The van der Waals surface area contributed by atoms with Crippen molar-refractivity contribution in [2.75, 3.05) is 14.2 Å². The molecule has 0 saturated heterocycles. The van der Waals surface area contributed by atoms with Crippen LogP contribution in [0.25, 0.3) is 0 Å². The molecule has 0 unspecified atom stereocenters. The number of aromatic hydroxyl groups is 2. The van der Waals surface area contributed by atoms with Gasteiger partial charge in [-0.05, 0) is 76.0 Å². The first kappa shape index (κ1) is 30.2. The van der Waals surface area contributed by atoms with Gasteiger partial charge in [-0.2, -0.15) is 0 Å². The Morgan fingerprint density at radius 3 is 1.78 bits per heavy atom. The lowest BCUT2D eigenvalue weighted by molar-refractivity contribution is -0.120. The van der Waals surface area contributed by atoms with E-state index in [-0.39, 0.29) is 34.6 Å². The zero-order valence-corrected chi connectivity index (χ0v) is 22.8. The molecule has 1 aromatic carbocycles. The molecule has 1 aromatic rings. The van der Waals surface area contributed by atoms with Crippen LogP contribution in [0.2, 0.25) is 0 Å². The number of hydrogen-bond donors (Lipinski definition) is 2. The summed E-state index contributed by atoms with van der Waals surface area (Å²) in [6.07, 6.45) is 20.6. The average Bonchev–Trinajstić information content (AvgIpc) is 2.88. The van der Waals surface area contributed by atoms with Crippen molar-refractivity contribution in [1.29, 1.82) is 0 Å². The van der Waals surface area contributed by atoms with Crippen LogP contribution in [0.1, 0.15) is 94.6 Å². The topological polar surface area (TPSA) is 93.1 Å². The number of unbranched alkanes of at least 4 members (excludes halogenated alkanes) is 10.